The number of unbranched alkanes of at least 4 members (excludes halogenated alkanes) is 2. The molecular weight excluding hydrogens is 186 g/mol. The maximum atomic E-state index is 4.30. The Hall–Kier alpha value is -0.830. The Kier molecular flexibility index (Phi) is 6.09. The molecule has 0 spiro atoms. The van der Waals surface area contributed by atoms with Gasteiger partial charge in [0.25, 0.3) is 0 Å². The second kappa shape index (κ2) is 7.46. The van der Waals surface area contributed by atoms with E-state index in [1.54, 1.807) is 0 Å². The van der Waals surface area contributed by atoms with Crippen molar-refractivity contribution in [3.8, 4) is 0 Å². The third-order valence-electron chi connectivity index (χ3n) is 2.50. The lowest BCUT2D eigenvalue weighted by molar-refractivity contribution is 0.541. The molecule has 1 aromatic heterocycles. The molecule has 1 heterocycles. The topological polar surface area (TPSA) is 29.9 Å². The van der Waals surface area contributed by atoms with Crippen molar-refractivity contribution < 1.29 is 0 Å². The summed E-state index contributed by atoms with van der Waals surface area (Å²) in [5.41, 5.74) is 1.30. The van der Waals surface area contributed by atoms with Gasteiger partial charge in [-0.05, 0) is 25.5 Å². The molecule has 0 bridgehead atoms. The maximum absolute atomic E-state index is 4.30. The van der Waals surface area contributed by atoms with E-state index in [-0.39, 0.29) is 0 Å². The number of nitrogens with one attached hydrogen (secondary N) is 1. The fraction of sp³-hybridized carbons (Fsp3) is 0.750. The van der Waals surface area contributed by atoms with Crippen LogP contribution < -0.4 is 5.32 Å². The number of hydrogen-bond acceptors (Lipinski definition) is 2. The van der Waals surface area contributed by atoms with E-state index in [4.69, 9.17) is 0 Å². The van der Waals surface area contributed by atoms with Gasteiger partial charge >= 0.3 is 0 Å². The van der Waals surface area contributed by atoms with Gasteiger partial charge in [-0.2, -0.15) is 5.10 Å². The highest BCUT2D eigenvalue weighted by Gasteiger charge is 1.99. The standard InChI is InChI=1S/C12H23N3/c1-3-5-6-8-13-11-12-7-9-14-15(12)10-4-2/h7,9,13H,3-6,8,10-11H2,1-2H3. The Balaban J connectivity index is 2.21. The molecule has 0 atom stereocenters. The highest BCUT2D eigenvalue weighted by atomic mass is 15.3. The molecule has 1 N–H and O–H groups in total. The van der Waals surface area contributed by atoms with E-state index < -0.39 is 0 Å². The number of rotatable bonds is 8. The van der Waals surface area contributed by atoms with E-state index in [0.29, 0.717) is 0 Å². The zero-order chi connectivity index (χ0) is 10.9. The van der Waals surface area contributed by atoms with Crippen LogP contribution in [0.1, 0.15) is 45.2 Å². The summed E-state index contributed by atoms with van der Waals surface area (Å²) < 4.78 is 2.09. The molecule has 0 unspecified atom stereocenters. The second-order valence-corrected chi connectivity index (χ2v) is 3.93. The molecule has 0 aromatic carbocycles. The number of nitrogens with zero attached hydrogens (tertiary/aromatic N) is 2. The van der Waals surface area contributed by atoms with Gasteiger partial charge in [0.15, 0.2) is 0 Å². The first-order valence-corrected chi connectivity index (χ1v) is 6.09. The average molecular weight is 209 g/mol. The molecule has 0 amide bonds. The lowest BCUT2D eigenvalue weighted by atomic mass is 10.2. The molecule has 0 saturated heterocycles. The first-order valence-electron chi connectivity index (χ1n) is 6.09. The van der Waals surface area contributed by atoms with Crippen molar-refractivity contribution in [1.82, 2.24) is 15.1 Å². The van der Waals surface area contributed by atoms with Crippen LogP contribution >= 0.6 is 0 Å². The molecule has 0 aliphatic rings. The van der Waals surface area contributed by atoms with Crippen LogP contribution in [0.3, 0.4) is 0 Å². The Bertz CT molecular complexity index is 255. The third-order valence-corrected chi connectivity index (χ3v) is 2.50. The van der Waals surface area contributed by atoms with E-state index in [9.17, 15) is 0 Å². The van der Waals surface area contributed by atoms with Crippen molar-refractivity contribution in [1.29, 1.82) is 0 Å². The zero-order valence-corrected chi connectivity index (χ0v) is 10.00. The summed E-state index contributed by atoms with van der Waals surface area (Å²) >= 11 is 0. The van der Waals surface area contributed by atoms with E-state index in [2.05, 4.69) is 35.0 Å². The maximum Gasteiger partial charge on any atom is 0.0522 e. The third kappa shape index (κ3) is 4.47. The average Bonchev–Trinajstić information content (AvgIpc) is 2.66. The first kappa shape index (κ1) is 12.2. The fourth-order valence-electron chi connectivity index (χ4n) is 1.64. The quantitative estimate of drug-likeness (QED) is 0.667. The van der Waals surface area contributed by atoms with Crippen LogP contribution in [-0.4, -0.2) is 16.3 Å². The van der Waals surface area contributed by atoms with Gasteiger partial charge in [-0.1, -0.05) is 26.7 Å². The van der Waals surface area contributed by atoms with Gasteiger partial charge in [0, 0.05) is 19.3 Å². The molecule has 1 rings (SSSR count). The van der Waals surface area contributed by atoms with Crippen molar-refractivity contribution in [2.45, 2.75) is 52.6 Å². The lowest BCUT2D eigenvalue weighted by Gasteiger charge is -2.07. The molecule has 0 aliphatic carbocycles. The van der Waals surface area contributed by atoms with Crippen molar-refractivity contribution in [2.24, 2.45) is 0 Å². The molecule has 15 heavy (non-hydrogen) atoms. The minimum Gasteiger partial charge on any atom is -0.311 e. The predicted molar refractivity (Wildman–Crippen MR) is 63.7 cm³/mol. The monoisotopic (exact) mass is 209 g/mol. The Morgan fingerprint density at radius 3 is 2.87 bits per heavy atom. The Morgan fingerprint density at radius 2 is 2.13 bits per heavy atom. The van der Waals surface area contributed by atoms with Gasteiger partial charge in [0.2, 0.25) is 0 Å². The van der Waals surface area contributed by atoms with Crippen LogP contribution in [0.5, 0.6) is 0 Å². The van der Waals surface area contributed by atoms with Gasteiger partial charge in [0.05, 0.1) is 5.69 Å². The normalized spacial score (nSPS) is 10.8. The smallest absolute Gasteiger partial charge is 0.0522 e. The van der Waals surface area contributed by atoms with Gasteiger partial charge in [0.1, 0.15) is 0 Å². The van der Waals surface area contributed by atoms with E-state index >= 15 is 0 Å². The molecule has 0 saturated carbocycles. The SMILES string of the molecule is CCCCCNCc1ccnn1CCC. The Labute approximate surface area is 92.9 Å². The summed E-state index contributed by atoms with van der Waals surface area (Å²) in [5, 5.41) is 7.76. The van der Waals surface area contributed by atoms with E-state index in [1.165, 1.54) is 25.0 Å². The number of hydrogen-bond donors (Lipinski definition) is 1. The van der Waals surface area contributed by atoms with Crippen LogP contribution in [0, 0.1) is 0 Å². The summed E-state index contributed by atoms with van der Waals surface area (Å²) in [4.78, 5) is 0. The second-order valence-electron chi connectivity index (χ2n) is 3.93. The highest BCUT2D eigenvalue weighted by Crippen LogP contribution is 2.00. The minimum absolute atomic E-state index is 0.948. The summed E-state index contributed by atoms with van der Waals surface area (Å²) in [5.74, 6) is 0. The van der Waals surface area contributed by atoms with Gasteiger partial charge < -0.3 is 5.32 Å². The zero-order valence-electron chi connectivity index (χ0n) is 10.00. The summed E-state index contributed by atoms with van der Waals surface area (Å²) in [6.07, 6.45) is 6.91. The van der Waals surface area contributed by atoms with Crippen molar-refractivity contribution in [3.05, 3.63) is 18.0 Å². The highest BCUT2D eigenvalue weighted by molar-refractivity contribution is 4.99. The lowest BCUT2D eigenvalue weighted by Crippen LogP contribution is -2.17. The number of aromatic nitrogens is 2. The number of aryl methyl sites for hydroxylation is 1. The molecule has 0 fully saturated rings. The Morgan fingerprint density at radius 1 is 1.27 bits per heavy atom. The molecule has 1 aromatic rings. The van der Waals surface area contributed by atoms with Crippen molar-refractivity contribution >= 4 is 0 Å². The molecule has 0 radical (unpaired) electrons. The van der Waals surface area contributed by atoms with Crippen molar-refractivity contribution in [2.75, 3.05) is 6.54 Å². The summed E-state index contributed by atoms with van der Waals surface area (Å²) in [6, 6.07) is 2.10. The van der Waals surface area contributed by atoms with Gasteiger partial charge in [-0.3, -0.25) is 4.68 Å². The minimum atomic E-state index is 0.948. The fourth-order valence-corrected chi connectivity index (χ4v) is 1.64. The predicted octanol–water partition coefficient (Wildman–Crippen LogP) is 2.57. The van der Waals surface area contributed by atoms with Gasteiger partial charge in [-0.15, -0.1) is 0 Å². The first-order chi connectivity index (χ1) is 7.38. The van der Waals surface area contributed by atoms with Crippen LogP contribution in [0.2, 0.25) is 0 Å². The molecule has 0 aliphatic heterocycles. The largest absolute Gasteiger partial charge is 0.311 e. The van der Waals surface area contributed by atoms with Gasteiger partial charge in [-0.25, -0.2) is 0 Å². The van der Waals surface area contributed by atoms with Crippen molar-refractivity contribution in [3.63, 3.8) is 0 Å². The van der Waals surface area contributed by atoms with Crippen LogP contribution in [0.15, 0.2) is 12.3 Å². The molecule has 3 heteroatoms. The van der Waals surface area contributed by atoms with Crippen LogP contribution in [0.4, 0.5) is 0 Å². The molecular formula is C12H23N3. The van der Waals surface area contributed by atoms with Crippen LogP contribution in [0.25, 0.3) is 0 Å². The molecule has 3 nitrogen and oxygen atoms in total. The van der Waals surface area contributed by atoms with Crippen LogP contribution in [-0.2, 0) is 13.1 Å². The summed E-state index contributed by atoms with van der Waals surface area (Å²) in [7, 11) is 0. The summed E-state index contributed by atoms with van der Waals surface area (Å²) in [6.45, 7) is 7.50. The van der Waals surface area contributed by atoms with E-state index in [1.807, 2.05) is 6.20 Å². The van der Waals surface area contributed by atoms with E-state index in [0.717, 1.165) is 26.1 Å². The molecule has 86 valence electrons.